The van der Waals surface area contributed by atoms with Crippen molar-refractivity contribution in [3.05, 3.63) is 70.2 Å². The van der Waals surface area contributed by atoms with Crippen LogP contribution in [0.5, 0.6) is 0 Å². The third kappa shape index (κ3) is 6.43. The fourth-order valence-corrected chi connectivity index (χ4v) is 7.08. The monoisotopic (exact) mass is 680 g/mol. The number of nitrogens with zero attached hydrogens (tertiary/aromatic N) is 1. The highest BCUT2D eigenvalue weighted by Gasteiger charge is 2.55. The molecular formula is C34H36N2O13. The highest BCUT2D eigenvalue weighted by Crippen LogP contribution is 2.49. The number of pyridine rings is 1. The Morgan fingerprint density at radius 1 is 0.939 bits per heavy atom. The highest BCUT2D eigenvalue weighted by molar-refractivity contribution is 5.96. The maximum Gasteiger partial charge on any atom is 0.303 e. The molecule has 1 N–H and O–H groups in total. The van der Waals surface area contributed by atoms with Crippen molar-refractivity contribution in [2.24, 2.45) is 11.8 Å². The highest BCUT2D eigenvalue weighted by atomic mass is 16.8. The van der Waals surface area contributed by atoms with Gasteiger partial charge in [-0.3, -0.25) is 28.8 Å². The molecule has 4 aliphatic heterocycles. The van der Waals surface area contributed by atoms with Gasteiger partial charge < -0.3 is 43.0 Å². The van der Waals surface area contributed by atoms with E-state index in [2.05, 4.69) is 11.6 Å². The van der Waals surface area contributed by atoms with Crippen LogP contribution in [0.2, 0.25) is 0 Å². The number of rotatable bonds is 8. The molecule has 0 spiro atoms. The van der Waals surface area contributed by atoms with Crippen LogP contribution in [-0.4, -0.2) is 83.3 Å². The number of piperidine rings is 1. The molecule has 6 rings (SSSR count). The van der Waals surface area contributed by atoms with Gasteiger partial charge in [-0.15, -0.1) is 6.58 Å². The second kappa shape index (κ2) is 13.5. The van der Waals surface area contributed by atoms with E-state index in [0.717, 1.165) is 20.8 Å². The van der Waals surface area contributed by atoms with Crippen molar-refractivity contribution in [3.8, 4) is 0 Å². The van der Waals surface area contributed by atoms with Crippen molar-refractivity contribution >= 4 is 40.7 Å². The second-order valence-electron chi connectivity index (χ2n) is 12.3. The number of carbonyl (C=O) groups is 5. The van der Waals surface area contributed by atoms with Crippen molar-refractivity contribution in [2.75, 3.05) is 6.61 Å². The molecule has 0 aliphatic carbocycles. The molecular weight excluding hydrogens is 644 g/mol. The first-order chi connectivity index (χ1) is 23.4. The first-order valence-corrected chi connectivity index (χ1v) is 15.8. The predicted molar refractivity (Wildman–Crippen MR) is 166 cm³/mol. The fourth-order valence-electron chi connectivity index (χ4n) is 7.08. The average molecular weight is 681 g/mol. The van der Waals surface area contributed by atoms with Gasteiger partial charge in [0.15, 0.2) is 23.7 Å². The molecule has 1 aromatic carbocycles. The number of H-pyrrole nitrogens is 1. The molecule has 9 atom stereocenters. The van der Waals surface area contributed by atoms with Gasteiger partial charge in [-0.05, 0) is 18.6 Å². The molecule has 0 saturated carbocycles. The van der Waals surface area contributed by atoms with E-state index < -0.39 is 85.4 Å². The molecule has 2 aromatic rings. The van der Waals surface area contributed by atoms with Crippen molar-refractivity contribution in [1.29, 1.82) is 0 Å². The zero-order valence-electron chi connectivity index (χ0n) is 27.2. The van der Waals surface area contributed by atoms with Gasteiger partial charge in [-0.1, -0.05) is 18.2 Å². The van der Waals surface area contributed by atoms with Crippen molar-refractivity contribution in [2.45, 2.75) is 83.7 Å². The van der Waals surface area contributed by atoms with E-state index in [1.165, 1.54) is 13.2 Å². The smallest absolute Gasteiger partial charge is 0.303 e. The zero-order chi connectivity index (χ0) is 35.1. The van der Waals surface area contributed by atoms with E-state index in [9.17, 15) is 28.8 Å². The number of benzene rings is 1. The SMILES string of the molecule is C=C[C@H]1[C@H](O[C@@H]2O[C@H](COC(C)=O)[C@@H](OC(C)=O)[C@H](OC(C)=O)[C@H]2OC(C)=O)OC=C2C(=O)N3Cc4c([nH]c5ccccc5c4=O)[C@H]3C[C@H]21. The Bertz CT molecular complexity index is 1800. The molecule has 5 heterocycles. The summed E-state index contributed by atoms with van der Waals surface area (Å²) in [5.74, 6) is -4.43. The largest absolute Gasteiger partial charge is 0.471 e. The Morgan fingerprint density at radius 2 is 1.61 bits per heavy atom. The van der Waals surface area contributed by atoms with Crippen LogP contribution < -0.4 is 5.43 Å². The molecule has 0 bridgehead atoms. The Hall–Kier alpha value is -5.02. The molecule has 260 valence electrons. The van der Waals surface area contributed by atoms with Gasteiger partial charge in [0, 0.05) is 61.7 Å². The molecule has 49 heavy (non-hydrogen) atoms. The number of amides is 1. The number of aromatic nitrogens is 1. The second-order valence-corrected chi connectivity index (χ2v) is 12.3. The van der Waals surface area contributed by atoms with Crippen LogP contribution in [0.3, 0.4) is 0 Å². The quantitative estimate of drug-likeness (QED) is 0.243. The molecule has 1 amide bonds. The Morgan fingerprint density at radius 3 is 2.29 bits per heavy atom. The molecule has 4 aliphatic rings. The van der Waals surface area contributed by atoms with Crippen LogP contribution in [0.15, 0.2) is 53.6 Å². The number of carbonyl (C=O) groups excluding carboxylic acids is 5. The van der Waals surface area contributed by atoms with Crippen LogP contribution in [0.4, 0.5) is 0 Å². The lowest BCUT2D eigenvalue weighted by atomic mass is 9.76. The normalized spacial score (nSPS) is 30.1. The summed E-state index contributed by atoms with van der Waals surface area (Å²) in [6, 6.07) is 6.73. The Kier molecular flexibility index (Phi) is 9.31. The van der Waals surface area contributed by atoms with Crippen LogP contribution in [0, 0.1) is 11.8 Å². The first kappa shape index (κ1) is 33.9. The summed E-state index contributed by atoms with van der Waals surface area (Å²) in [5.41, 5.74) is 2.09. The molecule has 1 aromatic heterocycles. The van der Waals surface area contributed by atoms with E-state index >= 15 is 0 Å². The molecule has 0 radical (unpaired) electrons. The summed E-state index contributed by atoms with van der Waals surface area (Å²) in [6.07, 6.45) is -4.88. The van der Waals surface area contributed by atoms with Crippen LogP contribution in [0.25, 0.3) is 10.9 Å². The van der Waals surface area contributed by atoms with Gasteiger partial charge >= 0.3 is 23.9 Å². The van der Waals surface area contributed by atoms with Crippen LogP contribution in [-0.2, 0) is 63.7 Å². The predicted octanol–water partition coefficient (Wildman–Crippen LogP) is 2.07. The Balaban J connectivity index is 1.32. The minimum absolute atomic E-state index is 0.134. The minimum Gasteiger partial charge on any atom is -0.471 e. The van der Waals surface area contributed by atoms with Crippen LogP contribution in [0.1, 0.15) is 51.4 Å². The third-order valence-corrected chi connectivity index (χ3v) is 9.06. The van der Waals surface area contributed by atoms with Crippen LogP contribution >= 0.6 is 0 Å². The number of ether oxygens (including phenoxy) is 7. The third-order valence-electron chi connectivity index (χ3n) is 9.06. The summed E-state index contributed by atoms with van der Waals surface area (Å²) < 4.78 is 40.0. The van der Waals surface area contributed by atoms with Gasteiger partial charge in [0.25, 0.3) is 5.91 Å². The van der Waals surface area contributed by atoms with Gasteiger partial charge in [0.2, 0.25) is 12.6 Å². The number of para-hydroxylation sites is 1. The molecule has 15 nitrogen and oxygen atoms in total. The van der Waals surface area contributed by atoms with Gasteiger partial charge in [0.1, 0.15) is 12.7 Å². The molecule has 15 heteroatoms. The number of aromatic amines is 1. The number of esters is 4. The summed E-state index contributed by atoms with van der Waals surface area (Å²) in [5, 5.41) is 0.538. The number of fused-ring (bicyclic) bond motifs is 5. The summed E-state index contributed by atoms with van der Waals surface area (Å²) in [7, 11) is 0. The van der Waals surface area contributed by atoms with Crippen molar-refractivity contribution in [3.63, 3.8) is 0 Å². The minimum atomic E-state index is -1.51. The number of hydrogen-bond acceptors (Lipinski definition) is 13. The topological polar surface area (TPSA) is 186 Å². The first-order valence-electron chi connectivity index (χ1n) is 15.8. The lowest BCUT2D eigenvalue weighted by Crippen LogP contribution is -2.63. The van der Waals surface area contributed by atoms with E-state index in [1.807, 2.05) is 12.1 Å². The molecule has 0 unspecified atom stereocenters. The van der Waals surface area contributed by atoms with E-state index in [0.29, 0.717) is 34.2 Å². The number of nitrogens with one attached hydrogen (secondary N) is 1. The van der Waals surface area contributed by atoms with E-state index in [-0.39, 0.29) is 17.9 Å². The van der Waals surface area contributed by atoms with Gasteiger partial charge in [-0.25, -0.2) is 0 Å². The fraction of sp³-hybridized carbons (Fsp3) is 0.471. The standard InChI is InChI=1S/C34H36N2O13/c1-6-19-21-11-25-27-22(28(41)20-9-7-8-10-24(20)35-27)12-36(25)32(42)23(21)13-44-33(19)49-34-31(47-18(5)40)30(46-17(4)39)29(45-16(3)38)26(48-34)14-43-15(2)37/h6-10,13,19,21,25-26,29-31,33-34H,1,11-12,14H2,2-5H3,(H,35,41)/t19-,21+,25-,26-,29-,30+,31-,33+,34+/m1/s1. The van der Waals surface area contributed by atoms with Gasteiger partial charge in [0.05, 0.1) is 24.4 Å². The average Bonchev–Trinajstić information content (AvgIpc) is 3.41. The lowest BCUT2D eigenvalue weighted by molar-refractivity contribution is -0.342. The lowest BCUT2D eigenvalue weighted by Gasteiger charge is -2.47. The summed E-state index contributed by atoms with van der Waals surface area (Å²) in [4.78, 5) is 80.6. The molecule has 2 saturated heterocycles. The van der Waals surface area contributed by atoms with E-state index in [1.54, 1.807) is 23.1 Å². The maximum absolute atomic E-state index is 13.9. The summed E-state index contributed by atoms with van der Waals surface area (Å²) >= 11 is 0. The van der Waals surface area contributed by atoms with Crippen molar-refractivity contribution < 1.29 is 57.1 Å². The molecule has 2 fully saturated rings. The zero-order valence-corrected chi connectivity index (χ0v) is 27.2. The number of hydrogen-bond donors (Lipinski definition) is 1. The maximum atomic E-state index is 13.9. The summed E-state index contributed by atoms with van der Waals surface area (Å²) in [6.45, 7) is 8.23. The Labute approximate surface area is 280 Å². The van der Waals surface area contributed by atoms with Gasteiger partial charge in [-0.2, -0.15) is 0 Å². The van der Waals surface area contributed by atoms with Crippen molar-refractivity contribution in [1.82, 2.24) is 9.88 Å². The van der Waals surface area contributed by atoms with E-state index in [4.69, 9.17) is 33.2 Å².